The SMILES string of the molecule is Nc1ccc(-c2ccccc2NC(=O)C(N)Cc2ccc(O)cc2)cc1. The van der Waals surface area contributed by atoms with E-state index in [0.29, 0.717) is 17.8 Å². The summed E-state index contributed by atoms with van der Waals surface area (Å²) in [6.45, 7) is 0. The van der Waals surface area contributed by atoms with Crippen LogP contribution in [-0.2, 0) is 11.2 Å². The Bertz CT molecular complexity index is 890. The molecule has 1 amide bonds. The molecule has 6 N–H and O–H groups in total. The van der Waals surface area contributed by atoms with E-state index in [1.54, 1.807) is 24.3 Å². The molecule has 0 aromatic heterocycles. The number of amides is 1. The fourth-order valence-corrected chi connectivity index (χ4v) is 2.71. The predicted octanol–water partition coefficient (Wildman–Crippen LogP) is 3.15. The van der Waals surface area contributed by atoms with E-state index in [1.807, 2.05) is 48.5 Å². The fraction of sp³-hybridized carbons (Fsp3) is 0.0952. The van der Waals surface area contributed by atoms with Crippen LogP contribution in [0.1, 0.15) is 5.56 Å². The number of carbonyl (C=O) groups is 1. The molecule has 0 saturated heterocycles. The number of phenolic OH excluding ortho intramolecular Hbond substituents is 1. The van der Waals surface area contributed by atoms with Crippen molar-refractivity contribution in [3.05, 3.63) is 78.4 Å². The van der Waals surface area contributed by atoms with Gasteiger partial charge in [0, 0.05) is 16.9 Å². The number of para-hydroxylation sites is 1. The van der Waals surface area contributed by atoms with Gasteiger partial charge >= 0.3 is 0 Å². The molecule has 0 bridgehead atoms. The molecule has 1 unspecified atom stereocenters. The number of carbonyl (C=O) groups excluding carboxylic acids is 1. The summed E-state index contributed by atoms with van der Waals surface area (Å²) >= 11 is 0. The van der Waals surface area contributed by atoms with Crippen LogP contribution in [0.4, 0.5) is 11.4 Å². The molecule has 3 rings (SSSR count). The average Bonchev–Trinajstić information content (AvgIpc) is 2.65. The molecule has 5 heteroatoms. The maximum Gasteiger partial charge on any atom is 0.241 e. The third-order valence-corrected chi connectivity index (χ3v) is 4.14. The molecule has 5 nitrogen and oxygen atoms in total. The Hall–Kier alpha value is -3.31. The van der Waals surface area contributed by atoms with Crippen molar-refractivity contribution in [3.8, 4) is 16.9 Å². The molecular weight excluding hydrogens is 326 g/mol. The van der Waals surface area contributed by atoms with Gasteiger partial charge in [0.1, 0.15) is 5.75 Å². The third kappa shape index (κ3) is 4.20. The lowest BCUT2D eigenvalue weighted by Gasteiger charge is -2.15. The van der Waals surface area contributed by atoms with Gasteiger partial charge in [0.25, 0.3) is 0 Å². The van der Waals surface area contributed by atoms with Gasteiger partial charge in [0.05, 0.1) is 6.04 Å². The first kappa shape index (κ1) is 17.5. The van der Waals surface area contributed by atoms with Crippen molar-refractivity contribution in [2.24, 2.45) is 5.73 Å². The van der Waals surface area contributed by atoms with Crippen LogP contribution < -0.4 is 16.8 Å². The number of nitrogen functional groups attached to an aromatic ring is 1. The molecule has 0 aliphatic heterocycles. The van der Waals surface area contributed by atoms with Crippen molar-refractivity contribution in [1.29, 1.82) is 0 Å². The topological polar surface area (TPSA) is 101 Å². The maximum atomic E-state index is 12.5. The Balaban J connectivity index is 1.75. The lowest BCUT2D eigenvalue weighted by atomic mass is 10.0. The zero-order chi connectivity index (χ0) is 18.5. The van der Waals surface area contributed by atoms with E-state index in [0.717, 1.165) is 16.7 Å². The van der Waals surface area contributed by atoms with Gasteiger partial charge < -0.3 is 21.9 Å². The number of phenols is 1. The highest BCUT2D eigenvalue weighted by Crippen LogP contribution is 2.28. The summed E-state index contributed by atoms with van der Waals surface area (Å²) in [6.07, 6.45) is 0.385. The highest BCUT2D eigenvalue weighted by atomic mass is 16.3. The maximum absolute atomic E-state index is 12.5. The number of nitrogens with one attached hydrogen (secondary N) is 1. The standard InChI is InChI=1S/C21H21N3O2/c22-16-9-7-15(8-10-16)18-3-1-2-4-20(18)24-21(26)19(23)13-14-5-11-17(25)12-6-14/h1-12,19,25H,13,22-23H2,(H,24,26). The van der Waals surface area contributed by atoms with Crippen LogP contribution in [0.2, 0.25) is 0 Å². The average molecular weight is 347 g/mol. The Labute approximate surface area is 152 Å². The second-order valence-corrected chi connectivity index (χ2v) is 6.13. The van der Waals surface area contributed by atoms with E-state index in [1.165, 1.54) is 0 Å². The van der Waals surface area contributed by atoms with E-state index >= 15 is 0 Å². The second-order valence-electron chi connectivity index (χ2n) is 6.13. The summed E-state index contributed by atoms with van der Waals surface area (Å²) in [7, 11) is 0. The fourth-order valence-electron chi connectivity index (χ4n) is 2.71. The first-order valence-electron chi connectivity index (χ1n) is 8.32. The van der Waals surface area contributed by atoms with Gasteiger partial charge in [-0.05, 0) is 47.9 Å². The summed E-state index contributed by atoms with van der Waals surface area (Å²) < 4.78 is 0. The molecule has 0 spiro atoms. The molecule has 0 fully saturated rings. The van der Waals surface area contributed by atoms with E-state index in [-0.39, 0.29) is 11.7 Å². The molecule has 0 radical (unpaired) electrons. The minimum absolute atomic E-state index is 0.184. The van der Waals surface area contributed by atoms with Crippen molar-refractivity contribution < 1.29 is 9.90 Å². The van der Waals surface area contributed by atoms with Gasteiger partial charge in [-0.2, -0.15) is 0 Å². The lowest BCUT2D eigenvalue weighted by Crippen LogP contribution is -2.37. The highest BCUT2D eigenvalue weighted by molar-refractivity contribution is 5.98. The summed E-state index contributed by atoms with van der Waals surface area (Å²) in [5.74, 6) is -0.0785. The first-order chi connectivity index (χ1) is 12.5. The van der Waals surface area contributed by atoms with Crippen LogP contribution in [0, 0.1) is 0 Å². The molecule has 1 atom stereocenters. The summed E-state index contributed by atoms with van der Waals surface area (Å²) in [5.41, 5.74) is 15.9. The molecule has 3 aromatic rings. The number of rotatable bonds is 5. The van der Waals surface area contributed by atoms with Crippen LogP contribution in [0.3, 0.4) is 0 Å². The zero-order valence-electron chi connectivity index (χ0n) is 14.2. The Morgan fingerprint density at radius 2 is 1.62 bits per heavy atom. The number of hydrogen-bond acceptors (Lipinski definition) is 4. The lowest BCUT2D eigenvalue weighted by molar-refractivity contribution is -0.117. The van der Waals surface area contributed by atoms with Crippen molar-refractivity contribution in [2.45, 2.75) is 12.5 Å². The molecule has 26 heavy (non-hydrogen) atoms. The molecule has 0 heterocycles. The Morgan fingerprint density at radius 1 is 0.962 bits per heavy atom. The first-order valence-corrected chi connectivity index (χ1v) is 8.32. The van der Waals surface area contributed by atoms with Gasteiger partial charge in [0.15, 0.2) is 0 Å². The molecule has 0 aliphatic carbocycles. The smallest absolute Gasteiger partial charge is 0.241 e. The molecule has 0 aliphatic rings. The van der Waals surface area contributed by atoms with Crippen molar-refractivity contribution >= 4 is 17.3 Å². The van der Waals surface area contributed by atoms with Gasteiger partial charge in [-0.1, -0.05) is 42.5 Å². The van der Waals surface area contributed by atoms with Crippen LogP contribution >= 0.6 is 0 Å². The molecule has 132 valence electrons. The highest BCUT2D eigenvalue weighted by Gasteiger charge is 2.16. The summed E-state index contributed by atoms with van der Waals surface area (Å²) in [4.78, 5) is 12.5. The predicted molar refractivity (Wildman–Crippen MR) is 105 cm³/mol. The van der Waals surface area contributed by atoms with Gasteiger partial charge in [-0.15, -0.1) is 0 Å². The monoisotopic (exact) mass is 347 g/mol. The molecule has 0 saturated carbocycles. The summed E-state index contributed by atoms with van der Waals surface area (Å²) in [6, 6.07) is 21.0. The van der Waals surface area contributed by atoms with Crippen molar-refractivity contribution in [2.75, 3.05) is 11.1 Å². The second kappa shape index (κ2) is 7.72. The van der Waals surface area contributed by atoms with Crippen LogP contribution in [0.25, 0.3) is 11.1 Å². The summed E-state index contributed by atoms with van der Waals surface area (Å²) in [5, 5.41) is 12.2. The van der Waals surface area contributed by atoms with E-state index < -0.39 is 6.04 Å². The van der Waals surface area contributed by atoms with Gasteiger partial charge in [0.2, 0.25) is 5.91 Å². The van der Waals surface area contributed by atoms with Gasteiger partial charge in [-0.25, -0.2) is 0 Å². The van der Waals surface area contributed by atoms with E-state index in [2.05, 4.69) is 5.32 Å². The van der Waals surface area contributed by atoms with E-state index in [4.69, 9.17) is 11.5 Å². The minimum atomic E-state index is -0.695. The minimum Gasteiger partial charge on any atom is -0.508 e. The Kier molecular flexibility index (Phi) is 5.20. The Morgan fingerprint density at radius 3 is 2.31 bits per heavy atom. The number of hydrogen-bond donors (Lipinski definition) is 4. The quantitative estimate of drug-likeness (QED) is 0.533. The van der Waals surface area contributed by atoms with Crippen LogP contribution in [0.15, 0.2) is 72.8 Å². The number of aromatic hydroxyl groups is 1. The normalized spacial score (nSPS) is 11.7. The number of anilines is 2. The van der Waals surface area contributed by atoms with Crippen molar-refractivity contribution in [3.63, 3.8) is 0 Å². The van der Waals surface area contributed by atoms with E-state index in [9.17, 15) is 9.90 Å². The number of benzene rings is 3. The third-order valence-electron chi connectivity index (χ3n) is 4.14. The molecular formula is C21H21N3O2. The van der Waals surface area contributed by atoms with Crippen LogP contribution in [-0.4, -0.2) is 17.1 Å². The zero-order valence-corrected chi connectivity index (χ0v) is 14.2. The van der Waals surface area contributed by atoms with Crippen molar-refractivity contribution in [1.82, 2.24) is 0 Å². The molecule has 3 aromatic carbocycles. The number of nitrogens with two attached hydrogens (primary N) is 2. The van der Waals surface area contributed by atoms with Crippen LogP contribution in [0.5, 0.6) is 5.75 Å². The largest absolute Gasteiger partial charge is 0.508 e. The van der Waals surface area contributed by atoms with Gasteiger partial charge in [-0.3, -0.25) is 4.79 Å².